The van der Waals surface area contributed by atoms with Gasteiger partial charge < -0.3 is 14.5 Å². The summed E-state index contributed by atoms with van der Waals surface area (Å²) in [6.45, 7) is 6.78. The van der Waals surface area contributed by atoms with E-state index < -0.39 is 0 Å². The molecule has 3 atom stereocenters. The third-order valence-corrected chi connectivity index (χ3v) is 6.99. The van der Waals surface area contributed by atoms with Crippen LogP contribution in [0.1, 0.15) is 56.3 Å². The van der Waals surface area contributed by atoms with Gasteiger partial charge >= 0.3 is 0 Å². The maximum atomic E-state index is 13.0. The van der Waals surface area contributed by atoms with E-state index >= 15 is 0 Å². The van der Waals surface area contributed by atoms with Crippen molar-refractivity contribution in [2.75, 3.05) is 26.2 Å². The van der Waals surface area contributed by atoms with Gasteiger partial charge in [-0.15, -0.1) is 0 Å². The van der Waals surface area contributed by atoms with Crippen LogP contribution in [0.15, 0.2) is 30.3 Å². The smallest absolute Gasteiger partial charge is 0.226 e. The molecule has 1 aromatic rings. The zero-order valence-corrected chi connectivity index (χ0v) is 18.0. The Balaban J connectivity index is 1.24. The summed E-state index contributed by atoms with van der Waals surface area (Å²) in [7, 11) is 0. The van der Waals surface area contributed by atoms with E-state index in [0.29, 0.717) is 31.7 Å². The van der Waals surface area contributed by atoms with E-state index in [1.807, 2.05) is 41.8 Å². The van der Waals surface area contributed by atoms with Crippen LogP contribution in [0.2, 0.25) is 0 Å². The van der Waals surface area contributed by atoms with Crippen molar-refractivity contribution in [2.24, 2.45) is 11.3 Å². The average Bonchev–Trinajstić information content (AvgIpc) is 3.44. The molecule has 0 radical (unpaired) electrons. The molecule has 0 bridgehead atoms. The highest BCUT2D eigenvalue weighted by molar-refractivity contribution is 5.97. The minimum Gasteiger partial charge on any atom is -0.372 e. The molecule has 3 fully saturated rings. The van der Waals surface area contributed by atoms with Gasteiger partial charge in [-0.25, -0.2) is 0 Å². The lowest BCUT2D eigenvalue weighted by molar-refractivity contribution is -0.145. The van der Waals surface area contributed by atoms with Crippen LogP contribution < -0.4 is 0 Å². The third kappa shape index (κ3) is 4.43. The molecule has 0 aromatic heterocycles. The summed E-state index contributed by atoms with van der Waals surface area (Å²) in [6, 6.07) is 9.13. The van der Waals surface area contributed by atoms with Gasteiger partial charge in [0, 0.05) is 50.5 Å². The average molecular weight is 413 g/mol. The molecule has 1 aliphatic carbocycles. The summed E-state index contributed by atoms with van der Waals surface area (Å²) in [4.78, 5) is 41.7. The van der Waals surface area contributed by atoms with Gasteiger partial charge in [0.2, 0.25) is 11.8 Å². The van der Waals surface area contributed by atoms with Crippen LogP contribution in [0.3, 0.4) is 0 Å². The maximum absolute atomic E-state index is 13.0. The van der Waals surface area contributed by atoms with E-state index in [1.54, 1.807) is 12.1 Å². The van der Waals surface area contributed by atoms with Crippen molar-refractivity contribution in [3.05, 3.63) is 35.9 Å². The second-order valence-electron chi connectivity index (χ2n) is 9.29. The third-order valence-electron chi connectivity index (χ3n) is 6.99. The van der Waals surface area contributed by atoms with Crippen molar-refractivity contribution in [3.8, 4) is 0 Å². The van der Waals surface area contributed by atoms with Crippen molar-refractivity contribution in [1.29, 1.82) is 0 Å². The summed E-state index contributed by atoms with van der Waals surface area (Å²) in [6.07, 6.45) is 3.40. The van der Waals surface area contributed by atoms with Crippen molar-refractivity contribution in [3.63, 3.8) is 0 Å². The number of hydrogen-bond acceptors (Lipinski definition) is 4. The van der Waals surface area contributed by atoms with E-state index in [4.69, 9.17) is 4.74 Å². The Labute approximate surface area is 178 Å². The molecule has 0 N–H and O–H groups in total. The fourth-order valence-corrected chi connectivity index (χ4v) is 5.18. The van der Waals surface area contributed by atoms with E-state index in [1.165, 1.54) is 0 Å². The Morgan fingerprint density at radius 3 is 2.23 bits per heavy atom. The number of hydrogen-bond donors (Lipinski definition) is 0. The lowest BCUT2D eigenvalue weighted by Crippen LogP contribution is -2.49. The monoisotopic (exact) mass is 412 g/mol. The molecule has 6 nitrogen and oxygen atoms in total. The van der Waals surface area contributed by atoms with Crippen LogP contribution in [-0.4, -0.2) is 65.8 Å². The van der Waals surface area contributed by atoms with Gasteiger partial charge in [-0.05, 0) is 38.5 Å². The molecule has 30 heavy (non-hydrogen) atoms. The first kappa shape index (κ1) is 21.0. The van der Waals surface area contributed by atoms with Gasteiger partial charge in [-0.2, -0.15) is 0 Å². The lowest BCUT2D eigenvalue weighted by atomic mass is 9.90. The largest absolute Gasteiger partial charge is 0.372 e. The number of ketones is 1. The maximum Gasteiger partial charge on any atom is 0.226 e. The molecule has 162 valence electrons. The minimum atomic E-state index is 0.0132. The predicted octanol–water partition coefficient (Wildman–Crippen LogP) is 2.91. The minimum absolute atomic E-state index is 0.0132. The molecule has 1 aromatic carbocycles. The molecule has 2 amide bonds. The van der Waals surface area contributed by atoms with Crippen LogP contribution in [0, 0.1) is 11.3 Å². The Kier molecular flexibility index (Phi) is 5.96. The molecule has 1 saturated carbocycles. The number of Topliss-reactive ketones (excluding diaryl/α,β-unsaturated/α-hetero) is 1. The van der Waals surface area contributed by atoms with Gasteiger partial charge in [0.1, 0.15) is 0 Å². The first-order valence-corrected chi connectivity index (χ1v) is 11.2. The number of ether oxygens (including phenoxy) is 1. The van der Waals surface area contributed by atoms with Gasteiger partial charge in [0.25, 0.3) is 0 Å². The number of piperidine rings is 1. The molecule has 1 spiro atoms. The topological polar surface area (TPSA) is 66.9 Å². The number of carbonyl (C=O) groups excluding carboxylic acids is 3. The van der Waals surface area contributed by atoms with Crippen molar-refractivity contribution >= 4 is 17.6 Å². The van der Waals surface area contributed by atoms with Gasteiger partial charge in [-0.3, -0.25) is 14.4 Å². The highest BCUT2D eigenvalue weighted by atomic mass is 16.5. The summed E-state index contributed by atoms with van der Waals surface area (Å²) in [5.74, 6) is 0.435. The zero-order valence-electron chi connectivity index (χ0n) is 18.0. The second-order valence-corrected chi connectivity index (χ2v) is 9.29. The van der Waals surface area contributed by atoms with Gasteiger partial charge in [0.05, 0.1) is 12.2 Å². The molecule has 4 rings (SSSR count). The number of amides is 2. The molecule has 3 aliphatic rings. The number of rotatable bonds is 5. The van der Waals surface area contributed by atoms with Crippen molar-refractivity contribution in [2.45, 2.75) is 58.2 Å². The fraction of sp³-hybridized carbons (Fsp3) is 0.625. The number of benzene rings is 1. The van der Waals surface area contributed by atoms with Crippen LogP contribution in [0.5, 0.6) is 0 Å². The normalized spacial score (nSPS) is 27.7. The molecule has 2 saturated heterocycles. The van der Waals surface area contributed by atoms with Crippen LogP contribution in [0.25, 0.3) is 0 Å². The van der Waals surface area contributed by atoms with Crippen molar-refractivity contribution in [1.82, 2.24) is 9.80 Å². The van der Waals surface area contributed by atoms with E-state index in [2.05, 4.69) is 0 Å². The van der Waals surface area contributed by atoms with Gasteiger partial charge in [0.15, 0.2) is 5.78 Å². The fourth-order valence-electron chi connectivity index (χ4n) is 5.18. The SMILES string of the molecule is C[C@@H]1CN(C(=O)C2CC23CCN(C(=O)CCC(=O)c2ccccc2)CC3)C[C@H](C)O1. The second kappa shape index (κ2) is 8.50. The van der Waals surface area contributed by atoms with E-state index in [9.17, 15) is 14.4 Å². The number of morpholine rings is 1. The Morgan fingerprint density at radius 2 is 1.60 bits per heavy atom. The standard InChI is InChI=1S/C24H32N2O4/c1-17-15-26(16-18(2)30-17)23(29)20-14-24(20)10-12-25(13-11-24)22(28)9-8-21(27)19-6-4-3-5-7-19/h3-7,17-18,20H,8-16H2,1-2H3/t17-,18+,20?. The zero-order chi connectivity index (χ0) is 21.3. The number of likely N-dealkylation sites (tertiary alicyclic amines) is 1. The molecule has 6 heteroatoms. The quantitative estimate of drug-likeness (QED) is 0.698. The summed E-state index contributed by atoms with van der Waals surface area (Å²) in [5, 5.41) is 0. The summed E-state index contributed by atoms with van der Waals surface area (Å²) < 4.78 is 5.75. The Morgan fingerprint density at radius 1 is 0.967 bits per heavy atom. The molecular weight excluding hydrogens is 380 g/mol. The molecular formula is C24H32N2O4. The molecule has 2 aliphatic heterocycles. The highest BCUT2D eigenvalue weighted by Crippen LogP contribution is 2.60. The number of nitrogens with zero attached hydrogens (tertiary/aromatic N) is 2. The lowest BCUT2D eigenvalue weighted by Gasteiger charge is -2.37. The van der Waals surface area contributed by atoms with Crippen LogP contribution >= 0.6 is 0 Å². The summed E-state index contributed by atoms with van der Waals surface area (Å²) >= 11 is 0. The first-order chi connectivity index (χ1) is 14.4. The van der Waals surface area contributed by atoms with E-state index in [0.717, 1.165) is 19.3 Å². The van der Waals surface area contributed by atoms with Crippen LogP contribution in [-0.2, 0) is 14.3 Å². The Hall–Kier alpha value is -2.21. The van der Waals surface area contributed by atoms with Crippen molar-refractivity contribution < 1.29 is 19.1 Å². The molecule has 1 unspecified atom stereocenters. The first-order valence-electron chi connectivity index (χ1n) is 11.2. The Bertz CT molecular complexity index is 791. The highest BCUT2D eigenvalue weighted by Gasteiger charge is 2.59. The number of carbonyl (C=O) groups is 3. The van der Waals surface area contributed by atoms with Crippen LogP contribution in [0.4, 0.5) is 0 Å². The van der Waals surface area contributed by atoms with Gasteiger partial charge in [-0.1, -0.05) is 30.3 Å². The summed E-state index contributed by atoms with van der Waals surface area (Å²) in [5.41, 5.74) is 0.743. The predicted molar refractivity (Wildman–Crippen MR) is 113 cm³/mol. The molecule has 2 heterocycles. The van der Waals surface area contributed by atoms with E-state index in [-0.39, 0.29) is 54.0 Å².